The summed E-state index contributed by atoms with van der Waals surface area (Å²) in [4.78, 5) is 30.5. The number of amides is 2. The fraction of sp³-hybridized carbons (Fsp3) is 0.316. The van der Waals surface area contributed by atoms with E-state index < -0.39 is 28.5 Å². The molecule has 46 heavy (non-hydrogen) atoms. The first-order chi connectivity index (χ1) is 22.2. The molecule has 0 saturated heterocycles. The van der Waals surface area contributed by atoms with Gasteiger partial charge in [-0.3, -0.25) is 13.9 Å². The molecule has 0 radical (unpaired) electrons. The SMILES string of the molecule is Cc1cccc(CN(C(=O)CN(c2cccc(C)c2)S(=O)(=O)c2ccccc2)[C@@H](Cc2ccccc2)C(=O)NC2CCCCC2)c1. The molecule has 1 aliphatic carbocycles. The van der Waals surface area contributed by atoms with E-state index in [0.29, 0.717) is 12.1 Å². The molecule has 0 bridgehead atoms. The van der Waals surface area contributed by atoms with E-state index in [-0.39, 0.29) is 23.4 Å². The van der Waals surface area contributed by atoms with Crippen LogP contribution in [-0.2, 0) is 32.6 Å². The Hall–Kier alpha value is -4.43. The lowest BCUT2D eigenvalue weighted by molar-refractivity contribution is -0.140. The van der Waals surface area contributed by atoms with Crippen LogP contribution < -0.4 is 9.62 Å². The van der Waals surface area contributed by atoms with Crippen molar-refractivity contribution in [3.63, 3.8) is 0 Å². The minimum absolute atomic E-state index is 0.0534. The number of carbonyl (C=O) groups excluding carboxylic acids is 2. The van der Waals surface area contributed by atoms with Gasteiger partial charge >= 0.3 is 0 Å². The van der Waals surface area contributed by atoms with Gasteiger partial charge in [-0.05, 0) is 67.6 Å². The van der Waals surface area contributed by atoms with E-state index in [1.807, 2.05) is 74.5 Å². The molecule has 1 fully saturated rings. The minimum atomic E-state index is -4.12. The summed E-state index contributed by atoms with van der Waals surface area (Å²) < 4.78 is 29.4. The molecule has 7 nitrogen and oxygen atoms in total. The molecule has 240 valence electrons. The molecule has 4 aromatic rings. The zero-order chi connectivity index (χ0) is 32.5. The zero-order valence-electron chi connectivity index (χ0n) is 26.6. The van der Waals surface area contributed by atoms with Crippen molar-refractivity contribution >= 4 is 27.5 Å². The number of benzene rings is 4. The number of hydrogen-bond donors (Lipinski definition) is 1. The summed E-state index contributed by atoms with van der Waals surface area (Å²) in [6.07, 6.45) is 5.39. The highest BCUT2D eigenvalue weighted by Gasteiger charge is 2.35. The Morgan fingerprint density at radius 3 is 2.02 bits per heavy atom. The van der Waals surface area contributed by atoms with Crippen molar-refractivity contribution < 1.29 is 18.0 Å². The van der Waals surface area contributed by atoms with Crippen LogP contribution in [0.15, 0.2) is 114 Å². The molecule has 0 unspecified atom stereocenters. The smallest absolute Gasteiger partial charge is 0.264 e. The first kappa shape index (κ1) is 32.9. The van der Waals surface area contributed by atoms with E-state index in [4.69, 9.17) is 0 Å². The van der Waals surface area contributed by atoms with Crippen molar-refractivity contribution in [3.8, 4) is 0 Å². The molecule has 0 aliphatic heterocycles. The minimum Gasteiger partial charge on any atom is -0.352 e. The van der Waals surface area contributed by atoms with Gasteiger partial charge in [0.1, 0.15) is 12.6 Å². The Kier molecular flexibility index (Phi) is 10.9. The molecule has 8 heteroatoms. The highest BCUT2D eigenvalue weighted by molar-refractivity contribution is 7.92. The quantitative estimate of drug-likeness (QED) is 0.190. The second-order valence-electron chi connectivity index (χ2n) is 12.2. The second-order valence-corrected chi connectivity index (χ2v) is 14.1. The summed E-state index contributed by atoms with van der Waals surface area (Å²) in [7, 11) is -4.12. The van der Waals surface area contributed by atoms with E-state index in [1.54, 1.807) is 41.3 Å². The Bertz CT molecular complexity index is 1720. The van der Waals surface area contributed by atoms with Gasteiger partial charge in [0.05, 0.1) is 10.6 Å². The van der Waals surface area contributed by atoms with Crippen LogP contribution in [0.3, 0.4) is 0 Å². The lowest BCUT2D eigenvalue weighted by Gasteiger charge is -2.35. The predicted molar refractivity (Wildman–Crippen MR) is 183 cm³/mol. The third kappa shape index (κ3) is 8.43. The van der Waals surface area contributed by atoms with Crippen LogP contribution >= 0.6 is 0 Å². The molecular weight excluding hydrogens is 595 g/mol. The highest BCUT2D eigenvalue weighted by Crippen LogP contribution is 2.26. The van der Waals surface area contributed by atoms with Gasteiger partial charge in [-0.15, -0.1) is 0 Å². The molecule has 1 aliphatic rings. The molecule has 0 heterocycles. The van der Waals surface area contributed by atoms with Gasteiger partial charge in [-0.2, -0.15) is 0 Å². The monoisotopic (exact) mass is 637 g/mol. The Labute approximate surface area is 273 Å². The van der Waals surface area contributed by atoms with Gasteiger partial charge in [0.15, 0.2) is 0 Å². The fourth-order valence-corrected chi connectivity index (χ4v) is 7.56. The van der Waals surface area contributed by atoms with E-state index in [9.17, 15) is 18.0 Å². The normalized spacial score (nSPS) is 14.3. The number of sulfonamides is 1. The number of aryl methyl sites for hydroxylation is 2. The summed E-state index contributed by atoms with van der Waals surface area (Å²) in [6.45, 7) is 3.56. The topological polar surface area (TPSA) is 86.8 Å². The third-order valence-electron chi connectivity index (χ3n) is 8.56. The van der Waals surface area contributed by atoms with Crippen LogP contribution in [-0.4, -0.2) is 43.8 Å². The molecule has 4 aromatic carbocycles. The molecule has 1 saturated carbocycles. The van der Waals surface area contributed by atoms with Crippen molar-refractivity contribution in [3.05, 3.63) is 131 Å². The fourth-order valence-electron chi connectivity index (χ4n) is 6.14. The second kappa shape index (κ2) is 15.2. The number of hydrogen-bond acceptors (Lipinski definition) is 4. The number of nitrogens with one attached hydrogen (secondary N) is 1. The van der Waals surface area contributed by atoms with Gasteiger partial charge in [0, 0.05) is 19.0 Å². The number of nitrogens with zero attached hydrogens (tertiary/aromatic N) is 2. The molecular formula is C38H43N3O4S. The van der Waals surface area contributed by atoms with Gasteiger partial charge in [-0.25, -0.2) is 8.42 Å². The maximum Gasteiger partial charge on any atom is 0.264 e. The predicted octanol–water partition coefficient (Wildman–Crippen LogP) is 6.59. The molecule has 0 spiro atoms. The maximum atomic E-state index is 14.6. The summed E-state index contributed by atoms with van der Waals surface area (Å²) in [5.41, 5.74) is 4.07. The van der Waals surface area contributed by atoms with Crippen LogP contribution in [0.5, 0.6) is 0 Å². The number of carbonyl (C=O) groups is 2. The Morgan fingerprint density at radius 1 is 0.761 bits per heavy atom. The zero-order valence-corrected chi connectivity index (χ0v) is 27.5. The van der Waals surface area contributed by atoms with Gasteiger partial charge in [0.25, 0.3) is 10.0 Å². The van der Waals surface area contributed by atoms with Crippen molar-refractivity contribution in [2.75, 3.05) is 10.8 Å². The Balaban J connectivity index is 1.56. The third-order valence-corrected chi connectivity index (χ3v) is 10.3. The lowest BCUT2D eigenvalue weighted by atomic mass is 9.94. The van der Waals surface area contributed by atoms with Crippen molar-refractivity contribution in [1.29, 1.82) is 0 Å². The summed E-state index contributed by atoms with van der Waals surface area (Å²) in [6, 6.07) is 32.0. The molecule has 1 atom stereocenters. The van der Waals surface area contributed by atoms with Crippen molar-refractivity contribution in [2.24, 2.45) is 0 Å². The van der Waals surface area contributed by atoms with Crippen LogP contribution in [0.4, 0.5) is 5.69 Å². The number of rotatable bonds is 12. The van der Waals surface area contributed by atoms with E-state index >= 15 is 0 Å². The van der Waals surface area contributed by atoms with E-state index in [2.05, 4.69) is 5.32 Å². The molecule has 0 aromatic heterocycles. The first-order valence-electron chi connectivity index (χ1n) is 16.0. The lowest BCUT2D eigenvalue weighted by Crippen LogP contribution is -2.55. The highest BCUT2D eigenvalue weighted by atomic mass is 32.2. The summed E-state index contributed by atoms with van der Waals surface area (Å²) in [5.74, 6) is -0.674. The molecule has 5 rings (SSSR count). The average Bonchev–Trinajstić information content (AvgIpc) is 3.06. The molecule has 2 amide bonds. The first-order valence-corrected chi connectivity index (χ1v) is 17.5. The van der Waals surface area contributed by atoms with Crippen LogP contribution in [0, 0.1) is 13.8 Å². The van der Waals surface area contributed by atoms with E-state index in [1.165, 1.54) is 16.4 Å². The summed E-state index contributed by atoms with van der Waals surface area (Å²) in [5, 5.41) is 3.26. The van der Waals surface area contributed by atoms with Crippen LogP contribution in [0.25, 0.3) is 0 Å². The standard InChI is InChI=1S/C38H43N3O4S/c1-29-14-12-18-32(24-29)27-40(36(26-31-16-6-3-7-17-31)38(43)39-33-19-8-4-9-20-33)37(42)28-41(34-21-13-15-30(2)25-34)46(44,45)35-22-10-5-11-23-35/h3,5-7,10-18,21-25,33,36H,4,8-9,19-20,26-28H2,1-2H3,(H,39,43)/t36-/m0/s1. The Morgan fingerprint density at radius 2 is 1.37 bits per heavy atom. The number of anilines is 1. The van der Waals surface area contributed by atoms with Crippen molar-refractivity contribution in [1.82, 2.24) is 10.2 Å². The molecule has 1 N–H and O–H groups in total. The van der Waals surface area contributed by atoms with Crippen LogP contribution in [0.1, 0.15) is 54.4 Å². The van der Waals surface area contributed by atoms with Gasteiger partial charge in [-0.1, -0.05) is 110 Å². The average molecular weight is 638 g/mol. The summed E-state index contributed by atoms with van der Waals surface area (Å²) >= 11 is 0. The van der Waals surface area contributed by atoms with Gasteiger partial charge in [0.2, 0.25) is 11.8 Å². The van der Waals surface area contributed by atoms with Crippen molar-refractivity contribution in [2.45, 2.75) is 75.9 Å². The van der Waals surface area contributed by atoms with Crippen LogP contribution in [0.2, 0.25) is 0 Å². The van der Waals surface area contributed by atoms with Gasteiger partial charge < -0.3 is 10.2 Å². The van der Waals surface area contributed by atoms with E-state index in [0.717, 1.165) is 54.4 Å². The maximum absolute atomic E-state index is 14.6. The largest absolute Gasteiger partial charge is 0.352 e.